The summed E-state index contributed by atoms with van der Waals surface area (Å²) in [4.78, 5) is 2.77. The van der Waals surface area contributed by atoms with E-state index in [1.165, 1.54) is 0 Å². The highest BCUT2D eigenvalue weighted by Gasteiger charge is 2.17. The van der Waals surface area contributed by atoms with E-state index in [0.717, 1.165) is 13.0 Å². The summed E-state index contributed by atoms with van der Waals surface area (Å²) in [5.74, 6) is 0. The van der Waals surface area contributed by atoms with Gasteiger partial charge in [-0.1, -0.05) is 6.07 Å². The molecule has 0 bridgehead atoms. The van der Waals surface area contributed by atoms with Crippen molar-refractivity contribution in [1.82, 2.24) is 4.84 Å². The molecule has 1 aromatic rings. The van der Waals surface area contributed by atoms with Crippen LogP contribution in [0.4, 0.5) is 0 Å². The van der Waals surface area contributed by atoms with Crippen molar-refractivity contribution >= 4 is 11.8 Å². The van der Waals surface area contributed by atoms with Gasteiger partial charge in [-0.15, -0.1) is 0 Å². The molecule has 0 spiro atoms. The van der Waals surface area contributed by atoms with Crippen LogP contribution in [-0.4, -0.2) is 5.54 Å². The molecule has 0 amide bonds. The Morgan fingerprint density at radius 3 is 2.38 bits per heavy atom. The molecule has 0 aliphatic carbocycles. The number of nitrogens with one attached hydrogen (secondary N) is 1. The van der Waals surface area contributed by atoms with Gasteiger partial charge >= 0.3 is 0 Å². The van der Waals surface area contributed by atoms with Gasteiger partial charge < -0.3 is 0 Å². The van der Waals surface area contributed by atoms with Crippen LogP contribution in [0.2, 0.25) is 0 Å². The van der Waals surface area contributed by atoms with Crippen molar-refractivity contribution < 1.29 is 4.57 Å². The summed E-state index contributed by atoms with van der Waals surface area (Å²) < 4.78 is 2.15. The summed E-state index contributed by atoms with van der Waals surface area (Å²) in [6.45, 7) is 5.15. The van der Waals surface area contributed by atoms with E-state index in [2.05, 4.69) is 35.6 Å². The SMILES string of the molecule is CC(C)(CC[n+]1ccccc1)NCl. The Labute approximate surface area is 84.7 Å². The van der Waals surface area contributed by atoms with Crippen LogP contribution < -0.4 is 9.40 Å². The molecule has 0 unspecified atom stereocenters. The number of pyridine rings is 1. The summed E-state index contributed by atoms with van der Waals surface area (Å²) in [6, 6.07) is 6.07. The Balaban J connectivity index is 2.44. The second kappa shape index (κ2) is 4.58. The lowest BCUT2D eigenvalue weighted by atomic mass is 10.0. The van der Waals surface area contributed by atoms with Crippen molar-refractivity contribution in [2.45, 2.75) is 32.4 Å². The van der Waals surface area contributed by atoms with E-state index in [0.29, 0.717) is 0 Å². The molecular weight excluding hydrogens is 184 g/mol. The van der Waals surface area contributed by atoms with E-state index in [1.54, 1.807) is 0 Å². The molecule has 1 N–H and O–H groups in total. The number of nitrogens with zero attached hydrogens (tertiary/aromatic N) is 1. The molecule has 0 radical (unpaired) electrons. The molecule has 0 atom stereocenters. The van der Waals surface area contributed by atoms with Crippen molar-refractivity contribution in [1.29, 1.82) is 0 Å². The fourth-order valence-corrected chi connectivity index (χ4v) is 1.13. The van der Waals surface area contributed by atoms with Gasteiger partial charge in [-0.25, -0.2) is 9.40 Å². The monoisotopic (exact) mass is 199 g/mol. The van der Waals surface area contributed by atoms with Crippen LogP contribution in [0, 0.1) is 0 Å². The van der Waals surface area contributed by atoms with E-state index in [1.807, 2.05) is 18.2 Å². The maximum Gasteiger partial charge on any atom is 0.168 e. The third kappa shape index (κ3) is 3.75. The molecule has 72 valence electrons. The average Bonchev–Trinajstić information content (AvgIpc) is 2.17. The number of hydrogen-bond acceptors (Lipinski definition) is 1. The second-order valence-corrected chi connectivity index (χ2v) is 4.03. The first-order chi connectivity index (χ1) is 6.14. The fraction of sp³-hybridized carbons (Fsp3) is 0.500. The molecule has 3 heteroatoms. The highest BCUT2D eigenvalue weighted by atomic mass is 35.5. The Kier molecular flexibility index (Phi) is 3.70. The Bertz CT molecular complexity index is 246. The van der Waals surface area contributed by atoms with Crippen molar-refractivity contribution in [3.63, 3.8) is 0 Å². The summed E-state index contributed by atoms with van der Waals surface area (Å²) in [5, 5.41) is 0. The molecule has 2 nitrogen and oxygen atoms in total. The maximum atomic E-state index is 5.60. The molecule has 0 fully saturated rings. The maximum absolute atomic E-state index is 5.60. The normalized spacial score (nSPS) is 11.6. The minimum absolute atomic E-state index is 0.00953. The predicted molar refractivity (Wildman–Crippen MR) is 54.3 cm³/mol. The summed E-state index contributed by atoms with van der Waals surface area (Å²) >= 11 is 5.60. The topological polar surface area (TPSA) is 15.9 Å². The molecule has 0 aliphatic rings. The lowest BCUT2D eigenvalue weighted by Crippen LogP contribution is -2.41. The van der Waals surface area contributed by atoms with Gasteiger partial charge in [0, 0.05) is 24.1 Å². The quantitative estimate of drug-likeness (QED) is 0.579. The number of aryl methyl sites for hydroxylation is 1. The van der Waals surface area contributed by atoms with Crippen LogP contribution in [0.25, 0.3) is 0 Å². The zero-order valence-corrected chi connectivity index (χ0v) is 8.88. The van der Waals surface area contributed by atoms with Gasteiger partial charge in [0.05, 0.1) is 0 Å². The van der Waals surface area contributed by atoms with Crippen molar-refractivity contribution in [2.24, 2.45) is 0 Å². The van der Waals surface area contributed by atoms with Crippen molar-refractivity contribution in [3.05, 3.63) is 30.6 Å². The summed E-state index contributed by atoms with van der Waals surface area (Å²) in [5.41, 5.74) is -0.00953. The van der Waals surface area contributed by atoms with Crippen LogP contribution in [0.5, 0.6) is 0 Å². The van der Waals surface area contributed by atoms with Crippen LogP contribution in [0.3, 0.4) is 0 Å². The first kappa shape index (κ1) is 10.5. The van der Waals surface area contributed by atoms with Crippen molar-refractivity contribution in [3.8, 4) is 0 Å². The molecule has 1 heterocycles. The highest BCUT2D eigenvalue weighted by molar-refractivity contribution is 6.13. The zero-order valence-electron chi connectivity index (χ0n) is 8.13. The number of hydrogen-bond donors (Lipinski definition) is 1. The van der Waals surface area contributed by atoms with Crippen LogP contribution >= 0.6 is 11.8 Å². The van der Waals surface area contributed by atoms with Gasteiger partial charge in [0.25, 0.3) is 0 Å². The number of halogens is 1. The first-order valence-corrected chi connectivity index (χ1v) is 4.84. The van der Waals surface area contributed by atoms with E-state index < -0.39 is 0 Å². The second-order valence-electron chi connectivity index (χ2n) is 3.84. The minimum atomic E-state index is -0.00953. The molecule has 0 aliphatic heterocycles. The summed E-state index contributed by atoms with van der Waals surface area (Å²) in [6.07, 6.45) is 5.12. The largest absolute Gasteiger partial charge is 0.228 e. The third-order valence-corrected chi connectivity index (χ3v) is 2.54. The minimum Gasteiger partial charge on any atom is -0.228 e. The van der Waals surface area contributed by atoms with Crippen LogP contribution in [-0.2, 0) is 6.54 Å². The molecule has 0 saturated heterocycles. The number of aromatic nitrogens is 1. The van der Waals surface area contributed by atoms with Gasteiger partial charge in [0.15, 0.2) is 12.4 Å². The van der Waals surface area contributed by atoms with Gasteiger partial charge in [0.1, 0.15) is 6.54 Å². The molecule has 1 rings (SSSR count). The molecule has 13 heavy (non-hydrogen) atoms. The van der Waals surface area contributed by atoms with Crippen molar-refractivity contribution in [2.75, 3.05) is 0 Å². The average molecular weight is 200 g/mol. The van der Waals surface area contributed by atoms with Gasteiger partial charge in [0.2, 0.25) is 0 Å². The molecule has 0 aromatic carbocycles. The standard InChI is InChI=1S/C10H16ClN2/c1-10(2,12-11)6-9-13-7-4-3-5-8-13/h3-5,7-8,12H,6,9H2,1-2H3/q+1. The van der Waals surface area contributed by atoms with E-state index in [9.17, 15) is 0 Å². The van der Waals surface area contributed by atoms with Crippen LogP contribution in [0.15, 0.2) is 30.6 Å². The predicted octanol–water partition coefficient (Wildman–Crippen LogP) is 1.89. The van der Waals surface area contributed by atoms with Gasteiger partial charge in [-0.2, -0.15) is 0 Å². The Morgan fingerprint density at radius 1 is 1.23 bits per heavy atom. The first-order valence-electron chi connectivity index (χ1n) is 4.46. The third-order valence-electron chi connectivity index (χ3n) is 2.03. The number of rotatable bonds is 4. The van der Waals surface area contributed by atoms with E-state index in [4.69, 9.17) is 11.8 Å². The van der Waals surface area contributed by atoms with E-state index in [-0.39, 0.29) is 5.54 Å². The summed E-state index contributed by atoms with van der Waals surface area (Å²) in [7, 11) is 0. The molecule has 1 aromatic heterocycles. The fourth-order valence-electron chi connectivity index (χ4n) is 1.04. The van der Waals surface area contributed by atoms with Gasteiger partial charge in [-0.3, -0.25) is 0 Å². The molecule has 0 saturated carbocycles. The van der Waals surface area contributed by atoms with Gasteiger partial charge in [-0.05, 0) is 25.6 Å². The molecular formula is C10H16ClN2+. The smallest absolute Gasteiger partial charge is 0.168 e. The lowest BCUT2D eigenvalue weighted by molar-refractivity contribution is -0.698. The zero-order chi connectivity index (χ0) is 9.73. The van der Waals surface area contributed by atoms with E-state index >= 15 is 0 Å². The Hall–Kier alpha value is -0.600. The lowest BCUT2D eigenvalue weighted by Gasteiger charge is -2.19. The highest BCUT2D eigenvalue weighted by Crippen LogP contribution is 2.08. The Morgan fingerprint density at radius 2 is 1.85 bits per heavy atom. The van der Waals surface area contributed by atoms with Crippen LogP contribution in [0.1, 0.15) is 20.3 Å².